The van der Waals surface area contributed by atoms with E-state index in [-0.39, 0.29) is 5.97 Å². The second-order valence-corrected chi connectivity index (χ2v) is 4.26. The van der Waals surface area contributed by atoms with E-state index in [0.717, 1.165) is 11.1 Å². The Kier molecular flexibility index (Phi) is 4.14. The molecule has 0 unspecified atom stereocenters. The molecule has 0 amide bonds. The molecule has 2 aromatic carbocycles. The minimum absolute atomic E-state index is 0.224. The van der Waals surface area contributed by atoms with Gasteiger partial charge in [-0.05, 0) is 23.3 Å². The summed E-state index contributed by atoms with van der Waals surface area (Å²) in [6, 6.07) is 17.6. The lowest BCUT2D eigenvalue weighted by molar-refractivity contribution is -0.131. The average molecular weight is 338 g/mol. The zero-order chi connectivity index (χ0) is 12.1. The summed E-state index contributed by atoms with van der Waals surface area (Å²) in [5.74, 6) is 0.365. The smallest absolute Gasteiger partial charge is 0.321 e. The first-order valence-corrected chi connectivity index (χ1v) is 6.74. The molecule has 0 radical (unpaired) electrons. The molecule has 0 aliphatic carbocycles. The first-order valence-electron chi connectivity index (χ1n) is 5.22. The topological polar surface area (TPSA) is 26.3 Å². The van der Waals surface area contributed by atoms with Crippen LogP contribution in [-0.4, -0.2) is 10.4 Å². The normalized spacial score (nSPS) is 9.94. The molecule has 2 aromatic rings. The summed E-state index contributed by atoms with van der Waals surface area (Å²) in [4.78, 5) is 11.1. The molecule has 2 nitrogen and oxygen atoms in total. The Morgan fingerprint density at radius 3 is 2.12 bits per heavy atom. The summed E-state index contributed by atoms with van der Waals surface area (Å²) in [5.41, 5.74) is 2.26. The van der Waals surface area contributed by atoms with Gasteiger partial charge in [-0.1, -0.05) is 65.1 Å². The zero-order valence-corrected chi connectivity index (χ0v) is 11.3. The molecular formula is C14H11IO2. The number of ether oxygens (including phenoxy) is 1. The number of carbonyl (C=O) groups is 1. The molecule has 0 saturated heterocycles. The fourth-order valence-corrected chi connectivity index (χ4v) is 1.66. The van der Waals surface area contributed by atoms with E-state index in [2.05, 4.69) is 0 Å². The molecule has 0 saturated carbocycles. The second kappa shape index (κ2) is 5.82. The SMILES string of the molecule is O=C(CI)Oc1ccc(-c2ccccc2)cc1. The monoisotopic (exact) mass is 338 g/mol. The van der Waals surface area contributed by atoms with Crippen LogP contribution in [0.25, 0.3) is 11.1 Å². The molecule has 86 valence electrons. The Labute approximate surface area is 114 Å². The van der Waals surface area contributed by atoms with E-state index in [9.17, 15) is 4.79 Å². The van der Waals surface area contributed by atoms with Crippen LogP contribution >= 0.6 is 22.6 Å². The second-order valence-electron chi connectivity index (χ2n) is 3.50. The molecule has 0 aliphatic rings. The maximum atomic E-state index is 11.1. The van der Waals surface area contributed by atoms with Crippen LogP contribution in [0.2, 0.25) is 0 Å². The van der Waals surface area contributed by atoms with Gasteiger partial charge in [0.15, 0.2) is 0 Å². The van der Waals surface area contributed by atoms with Crippen molar-refractivity contribution < 1.29 is 9.53 Å². The van der Waals surface area contributed by atoms with E-state index in [0.29, 0.717) is 10.2 Å². The zero-order valence-electron chi connectivity index (χ0n) is 9.10. The highest BCUT2D eigenvalue weighted by molar-refractivity contribution is 14.1. The number of esters is 1. The van der Waals surface area contributed by atoms with Crippen molar-refractivity contribution in [3.63, 3.8) is 0 Å². The quantitative estimate of drug-likeness (QED) is 0.369. The van der Waals surface area contributed by atoms with Gasteiger partial charge >= 0.3 is 5.97 Å². The summed E-state index contributed by atoms with van der Waals surface area (Å²) in [7, 11) is 0. The average Bonchev–Trinajstić information content (AvgIpc) is 2.40. The highest BCUT2D eigenvalue weighted by atomic mass is 127. The van der Waals surface area contributed by atoms with Crippen molar-refractivity contribution in [2.75, 3.05) is 4.43 Å². The molecule has 0 spiro atoms. The van der Waals surface area contributed by atoms with Crippen LogP contribution < -0.4 is 4.74 Å². The fourth-order valence-electron chi connectivity index (χ4n) is 1.50. The van der Waals surface area contributed by atoms with Crippen molar-refractivity contribution >= 4 is 28.6 Å². The molecule has 0 aliphatic heterocycles. The van der Waals surface area contributed by atoms with Crippen LogP contribution in [0.5, 0.6) is 5.75 Å². The van der Waals surface area contributed by atoms with Crippen molar-refractivity contribution in [3.05, 3.63) is 54.6 Å². The van der Waals surface area contributed by atoms with Crippen molar-refractivity contribution in [3.8, 4) is 16.9 Å². The first kappa shape index (κ1) is 12.1. The van der Waals surface area contributed by atoms with Crippen LogP contribution in [-0.2, 0) is 4.79 Å². The predicted molar refractivity (Wildman–Crippen MR) is 76.4 cm³/mol. The summed E-state index contributed by atoms with van der Waals surface area (Å²) in [6.45, 7) is 0. The van der Waals surface area contributed by atoms with E-state index in [1.54, 1.807) is 0 Å². The van der Waals surface area contributed by atoms with Crippen LogP contribution in [0.15, 0.2) is 54.6 Å². The Morgan fingerprint density at radius 1 is 0.941 bits per heavy atom. The standard InChI is InChI=1S/C14H11IO2/c15-10-14(16)17-13-8-6-12(7-9-13)11-4-2-1-3-5-11/h1-9H,10H2. The molecule has 2 rings (SSSR count). The fraction of sp³-hybridized carbons (Fsp3) is 0.0714. The van der Waals surface area contributed by atoms with Gasteiger partial charge in [0, 0.05) is 0 Å². The third-order valence-corrected chi connectivity index (χ3v) is 2.93. The van der Waals surface area contributed by atoms with Crippen molar-refractivity contribution in [2.24, 2.45) is 0 Å². The van der Waals surface area contributed by atoms with E-state index >= 15 is 0 Å². The van der Waals surface area contributed by atoms with Crippen molar-refractivity contribution in [2.45, 2.75) is 0 Å². The van der Waals surface area contributed by atoms with Gasteiger partial charge in [0.1, 0.15) is 5.75 Å². The van der Waals surface area contributed by atoms with Gasteiger partial charge in [0.25, 0.3) is 0 Å². The molecule has 0 aromatic heterocycles. The van der Waals surface area contributed by atoms with E-state index in [1.165, 1.54) is 0 Å². The molecule has 3 heteroatoms. The van der Waals surface area contributed by atoms with Gasteiger partial charge in [-0.3, -0.25) is 4.79 Å². The first-order chi connectivity index (χ1) is 8.29. The Hall–Kier alpha value is -1.36. The molecule has 17 heavy (non-hydrogen) atoms. The third kappa shape index (κ3) is 3.30. The number of hydrogen-bond acceptors (Lipinski definition) is 2. The molecule has 0 atom stereocenters. The van der Waals surface area contributed by atoms with Crippen molar-refractivity contribution in [1.82, 2.24) is 0 Å². The van der Waals surface area contributed by atoms with Gasteiger partial charge < -0.3 is 4.74 Å². The van der Waals surface area contributed by atoms with E-state index in [4.69, 9.17) is 4.74 Å². The minimum atomic E-state index is -0.224. The number of halogens is 1. The molecule has 0 bridgehead atoms. The summed E-state index contributed by atoms with van der Waals surface area (Å²) >= 11 is 1.98. The third-order valence-electron chi connectivity index (χ3n) is 2.30. The molecule has 0 N–H and O–H groups in total. The van der Waals surface area contributed by atoms with E-state index in [1.807, 2.05) is 77.2 Å². The lowest BCUT2D eigenvalue weighted by atomic mass is 10.1. The number of hydrogen-bond donors (Lipinski definition) is 0. The lowest BCUT2D eigenvalue weighted by Crippen LogP contribution is -2.08. The molecule has 0 fully saturated rings. The Morgan fingerprint density at radius 2 is 1.53 bits per heavy atom. The largest absolute Gasteiger partial charge is 0.426 e. The predicted octanol–water partition coefficient (Wildman–Crippen LogP) is 3.69. The maximum Gasteiger partial charge on any atom is 0.321 e. The highest BCUT2D eigenvalue weighted by Crippen LogP contribution is 2.22. The maximum absolute atomic E-state index is 11.1. The van der Waals surface area contributed by atoms with Crippen molar-refractivity contribution in [1.29, 1.82) is 0 Å². The Bertz CT molecular complexity index is 491. The van der Waals surface area contributed by atoms with Gasteiger partial charge in [-0.25, -0.2) is 0 Å². The van der Waals surface area contributed by atoms with Gasteiger partial charge in [0.2, 0.25) is 0 Å². The van der Waals surface area contributed by atoms with Crippen LogP contribution in [0.1, 0.15) is 0 Å². The lowest BCUT2D eigenvalue weighted by Gasteiger charge is -2.04. The number of benzene rings is 2. The van der Waals surface area contributed by atoms with Gasteiger partial charge in [0.05, 0.1) is 4.43 Å². The number of carbonyl (C=O) groups excluding carboxylic acids is 1. The summed E-state index contributed by atoms with van der Waals surface area (Å²) in [5, 5.41) is 0. The van der Waals surface area contributed by atoms with Crippen LogP contribution in [0, 0.1) is 0 Å². The number of alkyl halides is 1. The van der Waals surface area contributed by atoms with E-state index < -0.39 is 0 Å². The summed E-state index contributed by atoms with van der Waals surface area (Å²) < 4.78 is 5.47. The van der Waals surface area contributed by atoms with Crippen LogP contribution in [0.3, 0.4) is 0 Å². The molecule has 0 heterocycles. The Balaban J connectivity index is 2.16. The highest BCUT2D eigenvalue weighted by Gasteiger charge is 2.02. The van der Waals surface area contributed by atoms with Gasteiger partial charge in [-0.15, -0.1) is 0 Å². The number of rotatable bonds is 3. The van der Waals surface area contributed by atoms with Crippen LogP contribution in [0.4, 0.5) is 0 Å². The minimum Gasteiger partial charge on any atom is -0.426 e. The summed E-state index contributed by atoms with van der Waals surface area (Å²) in [6.07, 6.45) is 0. The molecular weight excluding hydrogens is 327 g/mol. The van der Waals surface area contributed by atoms with Gasteiger partial charge in [-0.2, -0.15) is 0 Å².